The molecule has 1 amide bonds. The molecule has 3 unspecified atom stereocenters. The number of hydrogen-bond acceptors (Lipinski definition) is 6. The average Bonchev–Trinajstić information content (AvgIpc) is 3.19. The molecule has 0 aliphatic rings. The SMILES string of the molecule is CCCCC/C=C\C/C=C\CCCCCCCCCCCC(=O)NC(COP(=O)(O)OCCN)C(O)CCCCCCCCCCCCCCCCCCCC. The van der Waals surface area contributed by atoms with Crippen LogP contribution < -0.4 is 11.1 Å². The molecular weight excluding hydrogens is 719 g/mol. The van der Waals surface area contributed by atoms with Gasteiger partial charge in [-0.05, 0) is 44.9 Å². The summed E-state index contributed by atoms with van der Waals surface area (Å²) in [6, 6.07) is -0.775. The molecule has 56 heavy (non-hydrogen) atoms. The minimum Gasteiger partial charge on any atom is -0.391 e. The Morgan fingerprint density at radius 2 is 0.982 bits per heavy atom. The normalized spacial score (nSPS) is 14.2. The zero-order valence-corrected chi connectivity index (χ0v) is 37.8. The van der Waals surface area contributed by atoms with Crippen molar-refractivity contribution >= 4 is 13.7 Å². The molecule has 332 valence electrons. The molecular formula is C47H93N2O6P. The molecule has 0 bridgehead atoms. The third kappa shape index (κ3) is 41.2. The lowest BCUT2D eigenvalue weighted by Crippen LogP contribution is -2.46. The van der Waals surface area contributed by atoms with Crippen LogP contribution in [0.4, 0.5) is 0 Å². The highest BCUT2D eigenvalue weighted by molar-refractivity contribution is 7.47. The van der Waals surface area contributed by atoms with Gasteiger partial charge in [-0.25, -0.2) is 4.57 Å². The molecule has 0 saturated carbocycles. The fourth-order valence-corrected chi connectivity index (χ4v) is 7.93. The molecule has 0 aromatic heterocycles. The van der Waals surface area contributed by atoms with Crippen LogP contribution in [0.15, 0.2) is 24.3 Å². The van der Waals surface area contributed by atoms with Crippen LogP contribution in [0, 0.1) is 0 Å². The summed E-state index contributed by atoms with van der Waals surface area (Å²) in [7, 11) is -4.32. The number of rotatable bonds is 45. The molecule has 9 heteroatoms. The molecule has 3 atom stereocenters. The number of carbonyl (C=O) groups excluding carboxylic acids is 1. The highest BCUT2D eigenvalue weighted by Gasteiger charge is 2.27. The van der Waals surface area contributed by atoms with Crippen molar-refractivity contribution in [1.82, 2.24) is 5.32 Å². The van der Waals surface area contributed by atoms with Crippen molar-refractivity contribution in [2.24, 2.45) is 5.73 Å². The van der Waals surface area contributed by atoms with E-state index in [0.717, 1.165) is 44.9 Å². The van der Waals surface area contributed by atoms with Crippen LogP contribution in [0.5, 0.6) is 0 Å². The maximum atomic E-state index is 12.8. The molecule has 0 aromatic rings. The second-order valence-electron chi connectivity index (χ2n) is 16.3. The fraction of sp³-hybridized carbons (Fsp3) is 0.894. The van der Waals surface area contributed by atoms with Gasteiger partial charge < -0.3 is 21.1 Å². The second kappa shape index (κ2) is 43.6. The lowest BCUT2D eigenvalue weighted by atomic mass is 10.0. The molecule has 8 nitrogen and oxygen atoms in total. The van der Waals surface area contributed by atoms with Gasteiger partial charge in [0.1, 0.15) is 0 Å². The van der Waals surface area contributed by atoms with E-state index in [1.54, 1.807) is 0 Å². The van der Waals surface area contributed by atoms with Crippen molar-refractivity contribution in [3.8, 4) is 0 Å². The standard InChI is InChI=1S/C47H93N2O6P/c1-3-5-7-9-11-13-15-17-19-21-23-25-27-29-31-33-35-37-39-41-47(51)49-45(44-55-56(52,53)54-43-42-48)46(50)40-38-36-34-32-30-28-26-24-22-20-18-16-14-12-10-8-6-4-2/h11,13,17,19,45-46,50H,3-10,12,14-16,18,20-44,48H2,1-2H3,(H,49,51)(H,52,53)/b13-11-,19-17-. The summed E-state index contributed by atoms with van der Waals surface area (Å²) in [6.45, 7) is 4.21. The molecule has 5 N–H and O–H groups in total. The largest absolute Gasteiger partial charge is 0.472 e. The van der Waals surface area contributed by atoms with Crippen LogP contribution in [0.2, 0.25) is 0 Å². The van der Waals surface area contributed by atoms with Crippen LogP contribution in [-0.2, 0) is 18.4 Å². The lowest BCUT2D eigenvalue weighted by molar-refractivity contribution is -0.123. The Morgan fingerprint density at radius 1 is 0.589 bits per heavy atom. The number of unbranched alkanes of at least 4 members (excludes halogenated alkanes) is 29. The fourth-order valence-electron chi connectivity index (χ4n) is 7.17. The van der Waals surface area contributed by atoms with E-state index in [2.05, 4.69) is 43.5 Å². The zero-order chi connectivity index (χ0) is 41.1. The second-order valence-corrected chi connectivity index (χ2v) is 17.8. The van der Waals surface area contributed by atoms with Gasteiger partial charge in [0.15, 0.2) is 0 Å². The van der Waals surface area contributed by atoms with Gasteiger partial charge >= 0.3 is 7.82 Å². The van der Waals surface area contributed by atoms with E-state index < -0.39 is 20.0 Å². The molecule has 0 radical (unpaired) electrons. The van der Waals surface area contributed by atoms with E-state index in [9.17, 15) is 19.4 Å². The Labute approximate surface area is 347 Å². The summed E-state index contributed by atoms with van der Waals surface area (Å²) < 4.78 is 22.2. The van der Waals surface area contributed by atoms with Crippen LogP contribution in [0.3, 0.4) is 0 Å². The number of carbonyl (C=O) groups is 1. The summed E-state index contributed by atoms with van der Waals surface area (Å²) in [5.74, 6) is -0.164. The van der Waals surface area contributed by atoms with Gasteiger partial charge in [0.05, 0.1) is 25.4 Å². The summed E-state index contributed by atoms with van der Waals surface area (Å²) in [4.78, 5) is 22.8. The van der Waals surface area contributed by atoms with Crippen molar-refractivity contribution in [1.29, 1.82) is 0 Å². The molecule has 0 heterocycles. The average molecular weight is 813 g/mol. The Morgan fingerprint density at radius 3 is 1.45 bits per heavy atom. The van der Waals surface area contributed by atoms with Crippen LogP contribution in [-0.4, -0.2) is 47.8 Å². The highest BCUT2D eigenvalue weighted by Crippen LogP contribution is 2.43. The van der Waals surface area contributed by atoms with Crippen molar-refractivity contribution in [2.45, 2.75) is 251 Å². The Balaban J connectivity index is 4.09. The number of amides is 1. The van der Waals surface area contributed by atoms with E-state index in [1.807, 2.05) is 0 Å². The summed E-state index contributed by atoms with van der Waals surface area (Å²) in [6.07, 6.45) is 50.4. The van der Waals surface area contributed by atoms with Gasteiger partial charge in [0.25, 0.3) is 0 Å². The number of hydrogen-bond donors (Lipinski definition) is 4. The number of phosphoric ester groups is 1. The predicted molar refractivity (Wildman–Crippen MR) is 240 cm³/mol. The monoisotopic (exact) mass is 813 g/mol. The topological polar surface area (TPSA) is 131 Å². The summed E-state index contributed by atoms with van der Waals surface area (Å²) in [5.41, 5.74) is 5.39. The van der Waals surface area contributed by atoms with Gasteiger partial charge in [-0.3, -0.25) is 13.8 Å². The number of aliphatic hydroxyl groups is 1. The number of phosphoric acid groups is 1. The van der Waals surface area contributed by atoms with Crippen molar-refractivity contribution < 1.29 is 28.4 Å². The number of nitrogens with one attached hydrogen (secondary N) is 1. The predicted octanol–water partition coefficient (Wildman–Crippen LogP) is 13.7. The van der Waals surface area contributed by atoms with Gasteiger partial charge in [-0.2, -0.15) is 0 Å². The maximum Gasteiger partial charge on any atom is 0.472 e. The smallest absolute Gasteiger partial charge is 0.391 e. The maximum absolute atomic E-state index is 12.8. The first kappa shape index (κ1) is 55.0. The quantitative estimate of drug-likeness (QED) is 0.0273. The molecule has 0 fully saturated rings. The third-order valence-corrected chi connectivity index (χ3v) is 11.8. The third-order valence-electron chi connectivity index (χ3n) is 10.8. The number of allylic oxidation sites excluding steroid dienone is 4. The van der Waals surface area contributed by atoms with Crippen molar-refractivity contribution in [2.75, 3.05) is 19.8 Å². The molecule has 0 aliphatic carbocycles. The zero-order valence-electron chi connectivity index (χ0n) is 36.9. The summed E-state index contributed by atoms with van der Waals surface area (Å²) >= 11 is 0. The highest BCUT2D eigenvalue weighted by atomic mass is 31.2. The van der Waals surface area contributed by atoms with Gasteiger partial charge in [-0.15, -0.1) is 0 Å². The lowest BCUT2D eigenvalue weighted by Gasteiger charge is -2.25. The number of nitrogens with two attached hydrogens (primary N) is 1. The van der Waals surface area contributed by atoms with Crippen LogP contribution in [0.1, 0.15) is 239 Å². The Bertz CT molecular complexity index is 932. The first-order valence-corrected chi connectivity index (χ1v) is 25.4. The molecule has 0 aromatic carbocycles. The van der Waals surface area contributed by atoms with E-state index in [4.69, 9.17) is 14.8 Å². The molecule has 0 rings (SSSR count). The van der Waals surface area contributed by atoms with Crippen LogP contribution >= 0.6 is 7.82 Å². The number of aliphatic hydroxyl groups excluding tert-OH is 1. The van der Waals surface area contributed by atoms with Crippen LogP contribution in [0.25, 0.3) is 0 Å². The van der Waals surface area contributed by atoms with E-state index in [1.165, 1.54) is 167 Å². The van der Waals surface area contributed by atoms with E-state index in [0.29, 0.717) is 12.8 Å². The van der Waals surface area contributed by atoms with Crippen molar-refractivity contribution in [3.63, 3.8) is 0 Å². The van der Waals surface area contributed by atoms with Gasteiger partial charge in [0, 0.05) is 13.0 Å². The molecule has 0 saturated heterocycles. The Hall–Kier alpha value is -1.02. The van der Waals surface area contributed by atoms with Crippen molar-refractivity contribution in [3.05, 3.63) is 24.3 Å². The minimum absolute atomic E-state index is 0.0889. The Kier molecular flexibility index (Phi) is 42.8. The van der Waals surface area contributed by atoms with E-state index >= 15 is 0 Å². The van der Waals surface area contributed by atoms with Gasteiger partial charge in [0.2, 0.25) is 5.91 Å². The van der Waals surface area contributed by atoms with E-state index in [-0.39, 0.29) is 25.7 Å². The minimum atomic E-state index is -4.32. The summed E-state index contributed by atoms with van der Waals surface area (Å²) in [5, 5.41) is 13.8. The van der Waals surface area contributed by atoms with Gasteiger partial charge in [-0.1, -0.05) is 212 Å². The first-order chi connectivity index (χ1) is 27.4. The first-order valence-electron chi connectivity index (χ1n) is 24.0. The molecule has 0 aliphatic heterocycles. The molecule has 0 spiro atoms.